The predicted molar refractivity (Wildman–Crippen MR) is 101 cm³/mol. The highest BCUT2D eigenvalue weighted by Crippen LogP contribution is 2.27. The molecule has 0 aliphatic rings. The Morgan fingerprint density at radius 3 is 2.62 bits per heavy atom. The van der Waals surface area contributed by atoms with Gasteiger partial charge in [-0.15, -0.1) is 0 Å². The van der Waals surface area contributed by atoms with E-state index < -0.39 is 10.8 Å². The van der Waals surface area contributed by atoms with Crippen LogP contribution in [-0.4, -0.2) is 27.2 Å². The van der Waals surface area contributed by atoms with Crippen molar-refractivity contribution in [2.75, 3.05) is 5.32 Å². The van der Waals surface area contributed by atoms with Gasteiger partial charge in [0.1, 0.15) is 11.5 Å². The molecule has 0 saturated carbocycles. The number of rotatable bonds is 5. The van der Waals surface area contributed by atoms with Gasteiger partial charge in [0, 0.05) is 12.1 Å². The number of nitro groups is 1. The monoisotopic (exact) mass is 375 g/mol. The van der Waals surface area contributed by atoms with Crippen LogP contribution in [0.15, 0.2) is 42.5 Å². The summed E-state index contributed by atoms with van der Waals surface area (Å²) in [5.41, 5.74) is 0.0694. The van der Waals surface area contributed by atoms with Gasteiger partial charge in [0.25, 0.3) is 11.6 Å². The summed E-state index contributed by atoms with van der Waals surface area (Å²) in [6, 6.07) is 10.1. The summed E-state index contributed by atoms with van der Waals surface area (Å²) >= 11 is 5.05. The van der Waals surface area contributed by atoms with Crippen LogP contribution in [0.4, 0.5) is 11.4 Å². The number of benzene rings is 2. The fourth-order valence-corrected chi connectivity index (χ4v) is 2.28. The topological polar surface area (TPSA) is 114 Å². The van der Waals surface area contributed by atoms with E-state index in [0.29, 0.717) is 5.75 Å². The second-order valence-electron chi connectivity index (χ2n) is 5.53. The molecular formula is C17H17N3O5S. The number of carbonyl (C=O) groups is 1. The molecule has 0 aliphatic heterocycles. The minimum atomic E-state index is -0.605. The lowest BCUT2D eigenvalue weighted by molar-refractivity contribution is -0.384. The molecule has 2 aromatic carbocycles. The highest BCUT2D eigenvalue weighted by molar-refractivity contribution is 7.80. The van der Waals surface area contributed by atoms with Crippen LogP contribution >= 0.6 is 12.2 Å². The molecule has 9 heteroatoms. The molecule has 3 N–H and O–H groups in total. The molecule has 136 valence electrons. The number of carbonyl (C=O) groups excluding carboxylic acids is 1. The highest BCUT2D eigenvalue weighted by Gasteiger charge is 2.16. The Balaban J connectivity index is 2.12. The maximum atomic E-state index is 12.4. The molecule has 0 heterocycles. The summed E-state index contributed by atoms with van der Waals surface area (Å²) in [6.07, 6.45) is -0.115. The zero-order valence-corrected chi connectivity index (χ0v) is 14.9. The van der Waals surface area contributed by atoms with Crippen LogP contribution in [0, 0.1) is 10.1 Å². The fourth-order valence-electron chi connectivity index (χ4n) is 2.07. The number of phenolic OH excluding ortho intramolecular Hbond substituents is 1. The van der Waals surface area contributed by atoms with E-state index in [4.69, 9.17) is 17.0 Å². The maximum absolute atomic E-state index is 12.4. The smallest absolute Gasteiger partial charge is 0.271 e. The van der Waals surface area contributed by atoms with Crippen molar-refractivity contribution in [1.82, 2.24) is 5.32 Å². The summed E-state index contributed by atoms with van der Waals surface area (Å²) in [7, 11) is 0. The van der Waals surface area contributed by atoms with Gasteiger partial charge in [0.05, 0.1) is 22.3 Å². The fraction of sp³-hybridized carbons (Fsp3) is 0.176. The van der Waals surface area contributed by atoms with Crippen LogP contribution in [0.2, 0.25) is 0 Å². The molecule has 0 bridgehead atoms. The zero-order chi connectivity index (χ0) is 19.3. The van der Waals surface area contributed by atoms with Gasteiger partial charge in [0.15, 0.2) is 5.11 Å². The van der Waals surface area contributed by atoms with Crippen molar-refractivity contribution < 1.29 is 19.6 Å². The first-order valence-corrected chi connectivity index (χ1v) is 8.04. The summed E-state index contributed by atoms with van der Waals surface area (Å²) in [4.78, 5) is 22.6. The molecule has 26 heavy (non-hydrogen) atoms. The number of hydrogen-bond donors (Lipinski definition) is 3. The van der Waals surface area contributed by atoms with Gasteiger partial charge in [-0.3, -0.25) is 20.2 Å². The number of nitrogens with one attached hydrogen (secondary N) is 2. The van der Waals surface area contributed by atoms with Gasteiger partial charge in [-0.25, -0.2) is 0 Å². The lowest BCUT2D eigenvalue weighted by Gasteiger charge is -2.15. The third kappa shape index (κ3) is 4.90. The second kappa shape index (κ2) is 8.26. The Labute approximate surface area is 154 Å². The number of amides is 1. The number of thiocarbonyl (C=S) groups is 1. The van der Waals surface area contributed by atoms with Crippen LogP contribution in [-0.2, 0) is 0 Å². The van der Waals surface area contributed by atoms with Crippen molar-refractivity contribution in [2.24, 2.45) is 0 Å². The van der Waals surface area contributed by atoms with Crippen LogP contribution in [0.1, 0.15) is 24.2 Å². The molecule has 0 spiro atoms. The van der Waals surface area contributed by atoms with Crippen molar-refractivity contribution in [3.05, 3.63) is 58.1 Å². The largest absolute Gasteiger partial charge is 0.506 e. The first-order chi connectivity index (χ1) is 12.3. The molecule has 0 unspecified atom stereocenters. The van der Waals surface area contributed by atoms with Crippen molar-refractivity contribution in [1.29, 1.82) is 0 Å². The quantitative estimate of drug-likeness (QED) is 0.318. The van der Waals surface area contributed by atoms with Crippen molar-refractivity contribution in [2.45, 2.75) is 20.0 Å². The van der Waals surface area contributed by atoms with E-state index in [-0.39, 0.29) is 33.9 Å². The van der Waals surface area contributed by atoms with Gasteiger partial charge >= 0.3 is 0 Å². The number of para-hydroxylation sites is 1. The summed E-state index contributed by atoms with van der Waals surface area (Å²) in [6.45, 7) is 3.68. The number of hydrogen-bond acceptors (Lipinski definition) is 6. The summed E-state index contributed by atoms with van der Waals surface area (Å²) in [5, 5.41) is 25.5. The Hall–Kier alpha value is -3.20. The van der Waals surface area contributed by atoms with E-state index in [2.05, 4.69) is 10.6 Å². The average molecular weight is 375 g/mol. The van der Waals surface area contributed by atoms with E-state index in [1.807, 2.05) is 13.8 Å². The normalized spacial score (nSPS) is 10.3. The first kappa shape index (κ1) is 19.1. The SMILES string of the molecule is CC(C)Oc1ccccc1C(=O)NC(=S)Nc1cc([N+](=O)[O-])ccc1O. The third-order valence-electron chi connectivity index (χ3n) is 3.16. The van der Waals surface area contributed by atoms with Gasteiger partial charge in [-0.05, 0) is 44.3 Å². The number of phenols is 1. The summed E-state index contributed by atoms with van der Waals surface area (Å²) in [5.74, 6) is -0.347. The molecule has 2 aromatic rings. The van der Waals surface area contributed by atoms with E-state index in [1.165, 1.54) is 0 Å². The van der Waals surface area contributed by atoms with E-state index in [9.17, 15) is 20.0 Å². The first-order valence-electron chi connectivity index (χ1n) is 7.63. The van der Waals surface area contributed by atoms with E-state index in [1.54, 1.807) is 24.3 Å². The van der Waals surface area contributed by atoms with Crippen molar-refractivity contribution in [3.8, 4) is 11.5 Å². The second-order valence-corrected chi connectivity index (χ2v) is 5.94. The number of aromatic hydroxyl groups is 1. The molecule has 0 saturated heterocycles. The van der Waals surface area contributed by atoms with Crippen LogP contribution in [0.25, 0.3) is 0 Å². The molecule has 1 amide bonds. The van der Waals surface area contributed by atoms with Gasteiger partial charge in [-0.2, -0.15) is 0 Å². The Kier molecular flexibility index (Phi) is 6.07. The van der Waals surface area contributed by atoms with Crippen molar-refractivity contribution in [3.63, 3.8) is 0 Å². The lowest BCUT2D eigenvalue weighted by atomic mass is 10.2. The van der Waals surface area contributed by atoms with Gasteiger partial charge in [-0.1, -0.05) is 12.1 Å². The minimum Gasteiger partial charge on any atom is -0.506 e. The number of ether oxygens (including phenoxy) is 1. The molecule has 0 radical (unpaired) electrons. The lowest BCUT2D eigenvalue weighted by Crippen LogP contribution is -2.34. The minimum absolute atomic E-state index is 0.0104. The average Bonchev–Trinajstić information content (AvgIpc) is 2.56. The van der Waals surface area contributed by atoms with Crippen LogP contribution in [0.5, 0.6) is 11.5 Å². The molecular weight excluding hydrogens is 358 g/mol. The van der Waals surface area contributed by atoms with Crippen molar-refractivity contribution >= 4 is 34.6 Å². The predicted octanol–water partition coefficient (Wildman–Crippen LogP) is 3.21. The molecule has 0 atom stereocenters. The summed E-state index contributed by atoms with van der Waals surface area (Å²) < 4.78 is 5.59. The molecule has 0 aromatic heterocycles. The number of non-ortho nitro benzene ring substituents is 1. The maximum Gasteiger partial charge on any atom is 0.271 e. The third-order valence-corrected chi connectivity index (χ3v) is 3.36. The van der Waals surface area contributed by atoms with Gasteiger partial charge in [0.2, 0.25) is 0 Å². The standard InChI is InChI=1S/C17H17N3O5S/c1-10(2)25-15-6-4-3-5-12(15)16(22)19-17(26)18-13-9-11(20(23)24)7-8-14(13)21/h3-10,21H,1-2H3,(H2,18,19,22,26). The molecule has 0 fully saturated rings. The zero-order valence-electron chi connectivity index (χ0n) is 14.1. The van der Waals surface area contributed by atoms with E-state index >= 15 is 0 Å². The molecule has 8 nitrogen and oxygen atoms in total. The number of anilines is 1. The van der Waals surface area contributed by atoms with Crippen LogP contribution < -0.4 is 15.4 Å². The van der Waals surface area contributed by atoms with E-state index in [0.717, 1.165) is 18.2 Å². The number of nitrogens with zero attached hydrogens (tertiary/aromatic N) is 1. The molecule has 2 rings (SSSR count). The molecule has 0 aliphatic carbocycles. The Morgan fingerprint density at radius 1 is 1.27 bits per heavy atom. The van der Waals surface area contributed by atoms with Crippen LogP contribution in [0.3, 0.4) is 0 Å². The Morgan fingerprint density at radius 2 is 1.96 bits per heavy atom. The number of nitro benzene ring substituents is 1. The highest BCUT2D eigenvalue weighted by atomic mass is 32.1. The Bertz CT molecular complexity index is 854. The van der Waals surface area contributed by atoms with Gasteiger partial charge < -0.3 is 15.2 Å².